The summed E-state index contributed by atoms with van der Waals surface area (Å²) in [7, 11) is -3.45. The van der Waals surface area contributed by atoms with E-state index < -0.39 is 10.0 Å². The molecule has 0 aromatic heterocycles. The minimum absolute atomic E-state index is 0.0804. The fourth-order valence-corrected chi connectivity index (χ4v) is 3.33. The van der Waals surface area contributed by atoms with Gasteiger partial charge in [0.1, 0.15) is 0 Å². The van der Waals surface area contributed by atoms with Gasteiger partial charge in [0, 0.05) is 19.1 Å². The molecule has 1 aromatic carbocycles. The van der Waals surface area contributed by atoms with E-state index in [0.717, 1.165) is 0 Å². The first-order valence-corrected chi connectivity index (χ1v) is 6.74. The molecule has 0 bridgehead atoms. The zero-order valence-electron chi connectivity index (χ0n) is 9.20. The first-order valence-electron chi connectivity index (χ1n) is 5.30. The number of hydrogen-bond acceptors (Lipinski definition) is 4. The van der Waals surface area contributed by atoms with Crippen LogP contribution < -0.4 is 5.73 Å². The summed E-state index contributed by atoms with van der Waals surface area (Å²) in [6.07, 6.45) is 0.690. The Hall–Kier alpha value is -1.42. The number of hydrogen-bond donors (Lipinski definition) is 1. The molecule has 0 spiro atoms. The summed E-state index contributed by atoms with van der Waals surface area (Å²) < 4.78 is 25.7. The SMILES string of the molecule is N#Cc1ccc(S(=O)(=O)N2CC[C@@H](N)C2)cc1. The summed E-state index contributed by atoms with van der Waals surface area (Å²) in [5, 5.41) is 8.65. The Morgan fingerprint density at radius 1 is 1.35 bits per heavy atom. The number of sulfonamides is 1. The molecular formula is C11H13N3O2S. The lowest BCUT2D eigenvalue weighted by Gasteiger charge is -2.15. The maximum absolute atomic E-state index is 12.2. The van der Waals surface area contributed by atoms with Crippen molar-refractivity contribution in [2.75, 3.05) is 13.1 Å². The Morgan fingerprint density at radius 2 is 2.00 bits per heavy atom. The van der Waals surface area contributed by atoms with Gasteiger partial charge in [0.05, 0.1) is 16.5 Å². The van der Waals surface area contributed by atoms with Crippen molar-refractivity contribution in [3.8, 4) is 6.07 Å². The van der Waals surface area contributed by atoms with Gasteiger partial charge in [-0.1, -0.05) is 0 Å². The molecule has 0 amide bonds. The lowest BCUT2D eigenvalue weighted by molar-refractivity contribution is 0.472. The number of nitrogens with zero attached hydrogens (tertiary/aromatic N) is 2. The normalized spacial score (nSPS) is 21.3. The van der Waals surface area contributed by atoms with E-state index in [-0.39, 0.29) is 10.9 Å². The molecule has 1 atom stereocenters. The highest BCUT2D eigenvalue weighted by atomic mass is 32.2. The largest absolute Gasteiger partial charge is 0.326 e. The third-order valence-corrected chi connectivity index (χ3v) is 4.69. The van der Waals surface area contributed by atoms with Gasteiger partial charge in [0.2, 0.25) is 10.0 Å². The highest BCUT2D eigenvalue weighted by Gasteiger charge is 2.30. The Kier molecular flexibility index (Phi) is 3.15. The summed E-state index contributed by atoms with van der Waals surface area (Å²) in [4.78, 5) is 0.214. The van der Waals surface area contributed by atoms with Crippen molar-refractivity contribution in [3.63, 3.8) is 0 Å². The van der Waals surface area contributed by atoms with Crippen molar-refractivity contribution in [1.82, 2.24) is 4.31 Å². The number of nitriles is 1. The monoisotopic (exact) mass is 251 g/mol. The number of rotatable bonds is 2. The van der Waals surface area contributed by atoms with Crippen molar-refractivity contribution in [2.45, 2.75) is 17.4 Å². The summed E-state index contributed by atoms with van der Waals surface area (Å²) in [6, 6.07) is 7.79. The van der Waals surface area contributed by atoms with Gasteiger partial charge in [0.25, 0.3) is 0 Å². The number of nitrogens with two attached hydrogens (primary N) is 1. The summed E-state index contributed by atoms with van der Waals surface area (Å²) in [6.45, 7) is 0.825. The van der Waals surface area contributed by atoms with Crippen LogP contribution in [0.2, 0.25) is 0 Å². The van der Waals surface area contributed by atoms with Gasteiger partial charge in [-0.15, -0.1) is 0 Å². The standard InChI is InChI=1S/C11H13N3O2S/c12-7-9-1-3-11(4-2-9)17(15,16)14-6-5-10(13)8-14/h1-4,10H,5-6,8,13H2/t10-/m1/s1. The third kappa shape index (κ3) is 2.31. The van der Waals surface area contributed by atoms with Gasteiger partial charge in [-0.25, -0.2) is 8.42 Å². The Labute approximate surface area is 101 Å². The van der Waals surface area contributed by atoms with Gasteiger partial charge < -0.3 is 5.73 Å². The van der Waals surface area contributed by atoms with Gasteiger partial charge in [0.15, 0.2) is 0 Å². The third-order valence-electron chi connectivity index (χ3n) is 2.81. The van der Waals surface area contributed by atoms with Gasteiger partial charge >= 0.3 is 0 Å². The molecule has 1 fully saturated rings. The smallest absolute Gasteiger partial charge is 0.243 e. The second-order valence-electron chi connectivity index (χ2n) is 4.05. The molecule has 1 aliphatic heterocycles. The molecule has 90 valence electrons. The van der Waals surface area contributed by atoms with Crippen LogP contribution in [-0.4, -0.2) is 31.9 Å². The average Bonchev–Trinajstić information content (AvgIpc) is 2.77. The van der Waals surface area contributed by atoms with E-state index in [4.69, 9.17) is 11.0 Å². The first-order chi connectivity index (χ1) is 8.04. The molecule has 5 nitrogen and oxygen atoms in total. The molecule has 1 heterocycles. The van der Waals surface area contributed by atoms with Crippen LogP contribution in [0.3, 0.4) is 0 Å². The zero-order valence-corrected chi connectivity index (χ0v) is 10.0. The average molecular weight is 251 g/mol. The molecule has 1 aliphatic rings. The second-order valence-corrected chi connectivity index (χ2v) is 5.99. The predicted octanol–water partition coefficient (Wildman–Crippen LogP) is 0.280. The molecule has 2 N–H and O–H groups in total. The fraction of sp³-hybridized carbons (Fsp3) is 0.364. The van der Waals surface area contributed by atoms with Crippen LogP contribution in [0.5, 0.6) is 0 Å². The van der Waals surface area contributed by atoms with Crippen LogP contribution in [0.1, 0.15) is 12.0 Å². The number of benzene rings is 1. The summed E-state index contributed by atoms with van der Waals surface area (Å²) in [5.41, 5.74) is 6.14. The molecule has 0 saturated carbocycles. The van der Waals surface area contributed by atoms with Crippen LogP contribution in [0.15, 0.2) is 29.2 Å². The van der Waals surface area contributed by atoms with Crippen LogP contribution >= 0.6 is 0 Å². The van der Waals surface area contributed by atoms with E-state index in [1.165, 1.54) is 28.6 Å². The van der Waals surface area contributed by atoms with E-state index in [0.29, 0.717) is 25.1 Å². The molecule has 0 radical (unpaired) electrons. The first kappa shape index (κ1) is 12.0. The Bertz CT molecular complexity index is 545. The molecule has 17 heavy (non-hydrogen) atoms. The topological polar surface area (TPSA) is 87.2 Å². The van der Waals surface area contributed by atoms with Crippen molar-refractivity contribution in [2.24, 2.45) is 5.73 Å². The molecule has 1 saturated heterocycles. The lowest BCUT2D eigenvalue weighted by atomic mass is 10.2. The lowest BCUT2D eigenvalue weighted by Crippen LogP contribution is -2.31. The maximum atomic E-state index is 12.2. The molecule has 0 unspecified atom stereocenters. The summed E-state index contributed by atoms with van der Waals surface area (Å²) >= 11 is 0. The van der Waals surface area contributed by atoms with E-state index in [2.05, 4.69) is 0 Å². The van der Waals surface area contributed by atoms with Crippen molar-refractivity contribution >= 4 is 10.0 Å². The van der Waals surface area contributed by atoms with Crippen LogP contribution in [-0.2, 0) is 10.0 Å². The maximum Gasteiger partial charge on any atom is 0.243 e. The van der Waals surface area contributed by atoms with E-state index >= 15 is 0 Å². The van der Waals surface area contributed by atoms with Crippen molar-refractivity contribution in [1.29, 1.82) is 5.26 Å². The van der Waals surface area contributed by atoms with E-state index in [1.54, 1.807) is 0 Å². The highest BCUT2D eigenvalue weighted by Crippen LogP contribution is 2.20. The molecule has 0 aliphatic carbocycles. The fourth-order valence-electron chi connectivity index (χ4n) is 1.82. The minimum Gasteiger partial charge on any atom is -0.326 e. The van der Waals surface area contributed by atoms with Gasteiger partial charge in [-0.2, -0.15) is 9.57 Å². The Morgan fingerprint density at radius 3 is 2.47 bits per heavy atom. The van der Waals surface area contributed by atoms with Crippen LogP contribution in [0.25, 0.3) is 0 Å². The van der Waals surface area contributed by atoms with Gasteiger partial charge in [-0.05, 0) is 30.7 Å². The zero-order chi connectivity index (χ0) is 12.5. The molecule has 6 heteroatoms. The van der Waals surface area contributed by atoms with Crippen LogP contribution in [0, 0.1) is 11.3 Å². The Balaban J connectivity index is 2.29. The van der Waals surface area contributed by atoms with Crippen molar-refractivity contribution in [3.05, 3.63) is 29.8 Å². The van der Waals surface area contributed by atoms with Crippen LogP contribution in [0.4, 0.5) is 0 Å². The molecule has 2 rings (SSSR count). The van der Waals surface area contributed by atoms with E-state index in [1.807, 2.05) is 6.07 Å². The highest BCUT2D eigenvalue weighted by molar-refractivity contribution is 7.89. The minimum atomic E-state index is -3.45. The van der Waals surface area contributed by atoms with Crippen molar-refractivity contribution < 1.29 is 8.42 Å². The quantitative estimate of drug-likeness (QED) is 0.817. The second kappa shape index (κ2) is 4.45. The molecule has 1 aromatic rings. The van der Waals surface area contributed by atoms with E-state index in [9.17, 15) is 8.42 Å². The molecular weight excluding hydrogens is 238 g/mol. The summed E-state index contributed by atoms with van der Waals surface area (Å²) in [5.74, 6) is 0. The predicted molar refractivity (Wildman–Crippen MR) is 62.5 cm³/mol. The van der Waals surface area contributed by atoms with Gasteiger partial charge in [-0.3, -0.25) is 0 Å².